The lowest BCUT2D eigenvalue weighted by atomic mass is 10.0. The van der Waals surface area contributed by atoms with Crippen molar-refractivity contribution in [2.24, 2.45) is 7.05 Å². The van der Waals surface area contributed by atoms with Crippen LogP contribution in [0.4, 0.5) is 0 Å². The fourth-order valence-electron chi connectivity index (χ4n) is 3.56. The van der Waals surface area contributed by atoms with E-state index >= 15 is 0 Å². The Bertz CT molecular complexity index is 978. The summed E-state index contributed by atoms with van der Waals surface area (Å²) in [6.07, 6.45) is 2.15. The number of fused-ring (bicyclic) bond motifs is 1. The Kier molecular flexibility index (Phi) is 5.25. The highest BCUT2D eigenvalue weighted by Crippen LogP contribution is 2.32. The van der Waals surface area contributed by atoms with Crippen molar-refractivity contribution >= 4 is 16.9 Å². The molecule has 3 heterocycles. The zero-order valence-corrected chi connectivity index (χ0v) is 16.1. The molecule has 146 valence electrons. The third kappa shape index (κ3) is 3.84. The number of hydrogen-bond acceptors (Lipinski definition) is 5. The highest BCUT2D eigenvalue weighted by molar-refractivity contribution is 5.95. The Morgan fingerprint density at radius 1 is 1.36 bits per heavy atom. The molecule has 1 N–H and O–H groups in total. The molecule has 1 aliphatic rings. The Morgan fingerprint density at radius 3 is 2.93 bits per heavy atom. The average Bonchev–Trinajstić information content (AvgIpc) is 3.33. The van der Waals surface area contributed by atoms with Crippen molar-refractivity contribution in [1.29, 1.82) is 0 Å². The lowest BCUT2D eigenvalue weighted by molar-refractivity contribution is -0.123. The second-order valence-corrected chi connectivity index (χ2v) is 7.01. The van der Waals surface area contributed by atoms with Gasteiger partial charge in [-0.1, -0.05) is 30.3 Å². The zero-order valence-electron chi connectivity index (χ0n) is 16.1. The monoisotopic (exact) mass is 380 g/mol. The third-order valence-corrected chi connectivity index (χ3v) is 4.93. The number of pyridine rings is 1. The number of ether oxygens (including phenoxy) is 2. The first-order valence-corrected chi connectivity index (χ1v) is 9.52. The summed E-state index contributed by atoms with van der Waals surface area (Å²) in [5, 5.41) is 8.34. The maximum Gasteiger partial charge on any atom is 0.258 e. The van der Waals surface area contributed by atoms with Gasteiger partial charge in [-0.2, -0.15) is 10.1 Å². The molecule has 0 radical (unpaired) electrons. The number of hydrogen-bond donors (Lipinski definition) is 1. The van der Waals surface area contributed by atoms with Crippen LogP contribution in [0.2, 0.25) is 0 Å². The van der Waals surface area contributed by atoms with Gasteiger partial charge in [0.05, 0.1) is 17.2 Å². The average molecular weight is 380 g/mol. The largest absolute Gasteiger partial charge is 0.467 e. The standard InChI is InChI=1S/C21H24N4O3/c1-14-20-17(15-7-4-3-5-8-15)11-19(23-21(20)25(2)24-14)28-13-18(26)22-12-16-9-6-10-27-16/h3-5,7-8,11,16H,6,9-10,12-13H2,1-2H3,(H,22,26). The van der Waals surface area contributed by atoms with Gasteiger partial charge in [0.15, 0.2) is 12.3 Å². The highest BCUT2D eigenvalue weighted by atomic mass is 16.5. The van der Waals surface area contributed by atoms with Crippen LogP contribution in [0.3, 0.4) is 0 Å². The summed E-state index contributed by atoms with van der Waals surface area (Å²) >= 11 is 0. The van der Waals surface area contributed by atoms with Gasteiger partial charge in [0.2, 0.25) is 5.88 Å². The van der Waals surface area contributed by atoms with Crippen molar-refractivity contribution in [3.63, 3.8) is 0 Å². The molecule has 0 bridgehead atoms. The van der Waals surface area contributed by atoms with Gasteiger partial charge >= 0.3 is 0 Å². The minimum atomic E-state index is -0.181. The van der Waals surface area contributed by atoms with Crippen molar-refractivity contribution in [2.75, 3.05) is 19.8 Å². The van der Waals surface area contributed by atoms with Gasteiger partial charge in [0.1, 0.15) is 0 Å². The number of carbonyl (C=O) groups is 1. The predicted octanol–water partition coefficient (Wildman–Crippen LogP) is 2.62. The second-order valence-electron chi connectivity index (χ2n) is 7.01. The fraction of sp³-hybridized carbons (Fsp3) is 0.381. The summed E-state index contributed by atoms with van der Waals surface area (Å²) in [5.74, 6) is 0.224. The molecular formula is C21H24N4O3. The van der Waals surface area contributed by atoms with Crippen molar-refractivity contribution in [3.05, 3.63) is 42.1 Å². The molecule has 3 aromatic rings. The van der Waals surface area contributed by atoms with Gasteiger partial charge < -0.3 is 14.8 Å². The molecule has 7 nitrogen and oxygen atoms in total. The maximum atomic E-state index is 12.1. The molecule has 1 aliphatic heterocycles. The third-order valence-electron chi connectivity index (χ3n) is 4.93. The molecule has 28 heavy (non-hydrogen) atoms. The van der Waals surface area contributed by atoms with Crippen molar-refractivity contribution < 1.29 is 14.3 Å². The van der Waals surface area contributed by atoms with E-state index in [2.05, 4.69) is 15.4 Å². The van der Waals surface area contributed by atoms with E-state index in [-0.39, 0.29) is 18.6 Å². The Hall–Kier alpha value is -2.93. The van der Waals surface area contributed by atoms with Crippen LogP contribution in [0.5, 0.6) is 5.88 Å². The van der Waals surface area contributed by atoms with E-state index < -0.39 is 0 Å². The van der Waals surface area contributed by atoms with Gasteiger partial charge in [-0.05, 0) is 30.9 Å². The van der Waals surface area contributed by atoms with Crippen LogP contribution in [-0.4, -0.2) is 46.5 Å². The van der Waals surface area contributed by atoms with Gasteiger partial charge in [-0.15, -0.1) is 0 Å². The Balaban J connectivity index is 1.54. The maximum absolute atomic E-state index is 12.1. The van der Waals surface area contributed by atoms with E-state index in [1.165, 1.54) is 0 Å². The minimum absolute atomic E-state index is 0.0870. The molecule has 1 unspecified atom stereocenters. The van der Waals surface area contributed by atoms with Crippen LogP contribution in [0.1, 0.15) is 18.5 Å². The van der Waals surface area contributed by atoms with Crippen LogP contribution >= 0.6 is 0 Å². The molecule has 1 amide bonds. The number of carbonyl (C=O) groups excluding carboxylic acids is 1. The van der Waals surface area contributed by atoms with Crippen LogP contribution in [0.25, 0.3) is 22.2 Å². The summed E-state index contributed by atoms with van der Waals surface area (Å²) in [7, 11) is 1.86. The predicted molar refractivity (Wildman–Crippen MR) is 106 cm³/mol. The molecule has 1 saturated heterocycles. The molecule has 0 spiro atoms. The molecule has 1 fully saturated rings. The van der Waals surface area contributed by atoms with Crippen molar-refractivity contribution in [3.8, 4) is 17.0 Å². The topological polar surface area (TPSA) is 78.3 Å². The van der Waals surface area contributed by atoms with E-state index in [1.807, 2.05) is 50.4 Å². The molecule has 1 aromatic carbocycles. The minimum Gasteiger partial charge on any atom is -0.467 e. The van der Waals surface area contributed by atoms with Gasteiger partial charge in [0.25, 0.3) is 5.91 Å². The Labute approximate surface area is 163 Å². The first-order valence-electron chi connectivity index (χ1n) is 9.52. The number of rotatable bonds is 6. The molecule has 1 atom stereocenters. The first kappa shape index (κ1) is 18.4. The summed E-state index contributed by atoms with van der Waals surface area (Å²) < 4.78 is 13.0. The smallest absolute Gasteiger partial charge is 0.258 e. The number of nitrogens with zero attached hydrogens (tertiary/aromatic N) is 3. The zero-order chi connectivity index (χ0) is 19.5. The number of benzene rings is 1. The van der Waals surface area contributed by atoms with E-state index in [0.29, 0.717) is 12.4 Å². The van der Waals surface area contributed by atoms with Crippen LogP contribution in [0, 0.1) is 6.92 Å². The molecule has 4 rings (SSSR count). The number of amides is 1. The van der Waals surface area contributed by atoms with Crippen molar-refractivity contribution in [1.82, 2.24) is 20.1 Å². The van der Waals surface area contributed by atoms with E-state index in [9.17, 15) is 4.79 Å². The number of aromatic nitrogens is 3. The second kappa shape index (κ2) is 7.98. The number of aryl methyl sites for hydroxylation is 2. The first-order chi connectivity index (χ1) is 13.6. The van der Waals surface area contributed by atoms with E-state index in [4.69, 9.17) is 9.47 Å². The quantitative estimate of drug-likeness (QED) is 0.711. The highest BCUT2D eigenvalue weighted by Gasteiger charge is 2.18. The molecule has 0 saturated carbocycles. The van der Waals surface area contributed by atoms with Crippen molar-refractivity contribution in [2.45, 2.75) is 25.9 Å². The molecule has 2 aromatic heterocycles. The lowest BCUT2D eigenvalue weighted by Crippen LogP contribution is -2.35. The van der Waals surface area contributed by atoms with E-state index in [0.717, 1.165) is 47.3 Å². The molecule has 7 heteroatoms. The normalized spacial score (nSPS) is 16.4. The van der Waals surface area contributed by atoms with Crippen LogP contribution in [0.15, 0.2) is 36.4 Å². The summed E-state index contributed by atoms with van der Waals surface area (Å²) in [6.45, 7) is 3.17. The van der Waals surface area contributed by atoms with Gasteiger partial charge in [0, 0.05) is 26.3 Å². The Morgan fingerprint density at radius 2 is 2.18 bits per heavy atom. The lowest BCUT2D eigenvalue weighted by Gasteiger charge is -2.12. The summed E-state index contributed by atoms with van der Waals surface area (Å²) in [6, 6.07) is 11.9. The molecule has 0 aliphatic carbocycles. The fourth-order valence-corrected chi connectivity index (χ4v) is 3.56. The van der Waals surface area contributed by atoms with E-state index in [1.54, 1.807) is 4.68 Å². The van der Waals surface area contributed by atoms with Crippen LogP contribution in [-0.2, 0) is 16.6 Å². The molecular weight excluding hydrogens is 356 g/mol. The summed E-state index contributed by atoms with van der Waals surface area (Å²) in [5.41, 5.74) is 3.68. The van der Waals surface area contributed by atoms with Crippen LogP contribution < -0.4 is 10.1 Å². The summed E-state index contributed by atoms with van der Waals surface area (Å²) in [4.78, 5) is 16.7. The van der Waals surface area contributed by atoms with Gasteiger partial charge in [-0.25, -0.2) is 0 Å². The number of nitrogens with one attached hydrogen (secondary N) is 1. The van der Waals surface area contributed by atoms with Gasteiger partial charge in [-0.3, -0.25) is 9.48 Å². The SMILES string of the molecule is Cc1nn(C)c2nc(OCC(=O)NCC3CCCO3)cc(-c3ccccc3)c12.